The molecule has 0 radical (unpaired) electrons. The van der Waals surface area contributed by atoms with Gasteiger partial charge in [0.25, 0.3) is 0 Å². The smallest absolute Gasteiger partial charge is 0.241 e. The number of rotatable bonds is 11. The van der Waals surface area contributed by atoms with Crippen LogP contribution in [0.2, 0.25) is 0 Å². The van der Waals surface area contributed by atoms with E-state index >= 15 is 0 Å². The number of hydrogen-bond acceptors (Lipinski definition) is 6. The number of fused-ring (bicyclic) bond motifs is 1. The summed E-state index contributed by atoms with van der Waals surface area (Å²) in [6.07, 6.45) is 6.70. The molecule has 0 atom stereocenters. The first-order chi connectivity index (χ1) is 22.3. The zero-order valence-corrected chi connectivity index (χ0v) is 26.0. The van der Waals surface area contributed by atoms with E-state index in [4.69, 9.17) is 16.1 Å². The van der Waals surface area contributed by atoms with Crippen LogP contribution in [-0.4, -0.2) is 56.9 Å². The molecule has 2 aromatic heterocycles. The zero-order chi connectivity index (χ0) is 32.0. The van der Waals surface area contributed by atoms with Crippen LogP contribution in [0.15, 0.2) is 91.3 Å². The third-order valence-electron chi connectivity index (χ3n) is 8.74. The lowest BCUT2D eigenvalue weighted by Gasteiger charge is -2.34. The van der Waals surface area contributed by atoms with Crippen LogP contribution in [0.1, 0.15) is 35.4 Å². The first-order valence-corrected chi connectivity index (χ1v) is 15.7. The number of para-hydroxylation sites is 1. The lowest BCUT2D eigenvalue weighted by Crippen LogP contribution is -2.45. The van der Waals surface area contributed by atoms with Crippen molar-refractivity contribution in [3.05, 3.63) is 120 Å². The third kappa shape index (κ3) is 7.24. The second-order valence-electron chi connectivity index (χ2n) is 11.9. The summed E-state index contributed by atoms with van der Waals surface area (Å²) in [4.78, 5) is 27.0. The van der Waals surface area contributed by atoms with Gasteiger partial charge in [0, 0.05) is 56.2 Å². The van der Waals surface area contributed by atoms with Crippen molar-refractivity contribution in [1.82, 2.24) is 19.4 Å². The molecule has 1 aliphatic rings. The van der Waals surface area contributed by atoms with Crippen LogP contribution in [0.4, 0.5) is 15.8 Å². The number of aromatic nitrogens is 3. The van der Waals surface area contributed by atoms with E-state index in [1.807, 2.05) is 72.6 Å². The molecule has 3 aromatic carbocycles. The van der Waals surface area contributed by atoms with Crippen LogP contribution in [0.5, 0.6) is 0 Å². The van der Waals surface area contributed by atoms with Crippen molar-refractivity contribution >= 4 is 34.2 Å². The van der Waals surface area contributed by atoms with Gasteiger partial charge in [0.05, 0.1) is 29.8 Å². The molecule has 0 unspecified atom stereocenters. The van der Waals surface area contributed by atoms with E-state index in [0.29, 0.717) is 24.3 Å². The van der Waals surface area contributed by atoms with E-state index in [2.05, 4.69) is 19.8 Å². The molecule has 5 aromatic rings. The number of benzene rings is 3. The Hall–Kier alpha value is -5.09. The molecule has 4 N–H and O–H groups in total. The van der Waals surface area contributed by atoms with Crippen molar-refractivity contribution in [3.63, 3.8) is 0 Å². The van der Waals surface area contributed by atoms with Gasteiger partial charge in [0.2, 0.25) is 5.91 Å². The van der Waals surface area contributed by atoms with Gasteiger partial charge in [0.1, 0.15) is 17.5 Å². The molecule has 0 bridgehead atoms. The molecule has 236 valence electrons. The highest BCUT2D eigenvalue weighted by Crippen LogP contribution is 2.26. The number of pyridine rings is 1. The number of aryl methyl sites for hydroxylation is 3. The predicted molar refractivity (Wildman–Crippen MR) is 180 cm³/mol. The molecule has 1 saturated heterocycles. The van der Waals surface area contributed by atoms with Crippen molar-refractivity contribution in [2.75, 3.05) is 29.9 Å². The zero-order valence-electron chi connectivity index (χ0n) is 26.0. The number of piperidine rings is 1. The number of imidazole rings is 1. The summed E-state index contributed by atoms with van der Waals surface area (Å²) in [5.41, 5.74) is 11.6. The van der Waals surface area contributed by atoms with Gasteiger partial charge in [-0.05, 0) is 72.9 Å². The molecule has 0 saturated carbocycles. The fourth-order valence-corrected chi connectivity index (χ4v) is 6.04. The van der Waals surface area contributed by atoms with Crippen LogP contribution >= 0.6 is 0 Å². The lowest BCUT2D eigenvalue weighted by molar-refractivity contribution is -0.120. The minimum atomic E-state index is -0.246. The highest BCUT2D eigenvalue weighted by molar-refractivity contribution is 5.96. The van der Waals surface area contributed by atoms with E-state index in [1.165, 1.54) is 6.07 Å². The minimum Gasteiger partial charge on any atom is -0.384 e. The molecule has 0 spiro atoms. The second-order valence-corrected chi connectivity index (χ2v) is 11.9. The van der Waals surface area contributed by atoms with Crippen molar-refractivity contribution in [1.29, 1.82) is 5.41 Å². The number of amides is 1. The van der Waals surface area contributed by atoms with Crippen LogP contribution in [0.3, 0.4) is 0 Å². The Bertz CT molecular complexity index is 1810. The molecular formula is C36H39FN8O. The number of nitrogens with two attached hydrogens (primary N) is 1. The number of amidine groups is 1. The number of nitrogens with zero attached hydrogens (tertiary/aromatic N) is 5. The number of hydrogen-bond donors (Lipinski definition) is 3. The molecule has 6 rings (SSSR count). The number of carbonyl (C=O) groups excluding carboxylic acids is 1. The van der Waals surface area contributed by atoms with E-state index < -0.39 is 0 Å². The summed E-state index contributed by atoms with van der Waals surface area (Å²) >= 11 is 0. The maximum absolute atomic E-state index is 14.1. The standard InChI is InChI=1S/C36H39FN8O/c1-43-33-12-11-29(22-32(33)42-34(43)13-8-25-6-9-27(10-7-25)36(38)39)45(23-26-14-18-40-19-15-26)35(46)24-44-20-16-28(17-21-44)41-31-5-3-2-4-30(31)37/h2-7,9-12,14-15,18-19,22,28,41H,8,13,16-17,20-21,23-24H2,1H3,(H3,38,39). The fraction of sp³-hybridized carbons (Fsp3) is 0.278. The van der Waals surface area contributed by atoms with Gasteiger partial charge in [-0.25, -0.2) is 9.37 Å². The van der Waals surface area contributed by atoms with Gasteiger partial charge < -0.3 is 20.5 Å². The number of halogens is 1. The molecule has 1 fully saturated rings. The molecule has 10 heteroatoms. The first-order valence-electron chi connectivity index (χ1n) is 15.7. The van der Waals surface area contributed by atoms with Crippen molar-refractivity contribution in [2.24, 2.45) is 12.8 Å². The summed E-state index contributed by atoms with van der Waals surface area (Å²) in [6.45, 7) is 2.22. The van der Waals surface area contributed by atoms with Gasteiger partial charge in [-0.1, -0.05) is 36.4 Å². The first kappa shape index (κ1) is 30.9. The summed E-state index contributed by atoms with van der Waals surface area (Å²) in [5.74, 6) is 0.792. The van der Waals surface area contributed by atoms with E-state index in [-0.39, 0.29) is 23.6 Å². The molecule has 3 heterocycles. The summed E-state index contributed by atoms with van der Waals surface area (Å²) in [6, 6.07) is 24.6. The Balaban J connectivity index is 1.15. The van der Waals surface area contributed by atoms with Crippen LogP contribution in [0.25, 0.3) is 11.0 Å². The SMILES string of the molecule is Cn1c(CCc2ccc(C(=N)N)cc2)nc2cc(N(Cc3ccncc3)C(=O)CN3CCC(Nc4ccccc4F)CC3)ccc21. The van der Waals surface area contributed by atoms with Crippen LogP contribution < -0.4 is 16.0 Å². The number of anilines is 2. The highest BCUT2D eigenvalue weighted by atomic mass is 19.1. The lowest BCUT2D eigenvalue weighted by atomic mass is 10.0. The maximum Gasteiger partial charge on any atom is 0.241 e. The Kier molecular flexibility index (Phi) is 9.35. The monoisotopic (exact) mass is 618 g/mol. The van der Waals surface area contributed by atoms with Gasteiger partial charge in [-0.3, -0.25) is 20.1 Å². The number of carbonyl (C=O) groups is 1. The normalized spacial score (nSPS) is 14.0. The number of nitrogens with one attached hydrogen (secondary N) is 2. The largest absolute Gasteiger partial charge is 0.384 e. The Morgan fingerprint density at radius 3 is 2.46 bits per heavy atom. The fourth-order valence-electron chi connectivity index (χ4n) is 6.04. The maximum atomic E-state index is 14.1. The van der Waals surface area contributed by atoms with Crippen molar-refractivity contribution in [2.45, 2.75) is 38.3 Å². The minimum absolute atomic E-state index is 0.0156. The average Bonchev–Trinajstić information content (AvgIpc) is 3.39. The molecule has 46 heavy (non-hydrogen) atoms. The predicted octanol–water partition coefficient (Wildman–Crippen LogP) is 5.29. The number of likely N-dealkylation sites (tertiary alicyclic amines) is 1. The summed E-state index contributed by atoms with van der Waals surface area (Å²) in [7, 11) is 2.02. The highest BCUT2D eigenvalue weighted by Gasteiger charge is 2.25. The van der Waals surface area contributed by atoms with Crippen LogP contribution in [0, 0.1) is 11.2 Å². The van der Waals surface area contributed by atoms with Gasteiger partial charge >= 0.3 is 0 Å². The third-order valence-corrected chi connectivity index (χ3v) is 8.74. The van der Waals surface area contributed by atoms with Gasteiger partial charge in [-0.15, -0.1) is 0 Å². The van der Waals surface area contributed by atoms with Gasteiger partial charge in [0.15, 0.2) is 0 Å². The molecule has 1 amide bonds. The number of nitrogen functional groups attached to an aromatic ring is 1. The van der Waals surface area contributed by atoms with Crippen molar-refractivity contribution in [3.8, 4) is 0 Å². The molecule has 9 nitrogen and oxygen atoms in total. The Labute approximate surface area is 268 Å². The second kappa shape index (κ2) is 13.9. The van der Waals surface area contributed by atoms with E-state index in [0.717, 1.165) is 72.4 Å². The quantitative estimate of drug-likeness (QED) is 0.137. The Morgan fingerprint density at radius 2 is 1.74 bits per heavy atom. The van der Waals surface area contributed by atoms with Crippen molar-refractivity contribution < 1.29 is 9.18 Å². The van der Waals surface area contributed by atoms with Crippen LogP contribution in [-0.2, 0) is 31.2 Å². The van der Waals surface area contributed by atoms with E-state index in [9.17, 15) is 9.18 Å². The molecular weight excluding hydrogens is 579 g/mol. The Morgan fingerprint density at radius 1 is 1.00 bits per heavy atom. The van der Waals surface area contributed by atoms with Gasteiger partial charge in [-0.2, -0.15) is 0 Å². The summed E-state index contributed by atoms with van der Waals surface area (Å²) < 4.78 is 16.3. The van der Waals surface area contributed by atoms with E-state index in [1.54, 1.807) is 24.5 Å². The average molecular weight is 619 g/mol. The topological polar surface area (TPSA) is 116 Å². The summed E-state index contributed by atoms with van der Waals surface area (Å²) in [5, 5.41) is 10.9. The molecule has 1 aliphatic heterocycles. The molecule has 0 aliphatic carbocycles.